The van der Waals surface area contributed by atoms with Crippen LogP contribution < -0.4 is 25.4 Å². The van der Waals surface area contributed by atoms with Gasteiger partial charge in [-0.15, -0.1) is 0 Å². The highest BCUT2D eigenvalue weighted by Gasteiger charge is 2.46. The topological polar surface area (TPSA) is 182 Å². The van der Waals surface area contributed by atoms with Gasteiger partial charge < -0.3 is 35.3 Å². The third-order valence-electron chi connectivity index (χ3n) is 10.8. The standard InChI is InChI=1S/C42H54N4O9/c1-6-13-32(41(50)51)44-38(47)30-20-28(55-35-23-33(25-14-9-7-10-15-25)43-34-22-27(53-4)18-19-29(34)35)21-31(30)39(48)45-36(24(2)3)40(49)46-37(42(52)54-5)26-16-11-8-12-17-26/h7,9-10,14-15,18-19,22-24,26,28,30-32,36-37H,6,8,11-13,16-17,20-21H2,1-5H3,(H,44,47)(H,45,48)(H,46,49)(H,50,51)/t28?,30-,31-,32+,36+,37+/m1/s1. The Morgan fingerprint density at radius 2 is 1.55 bits per heavy atom. The number of benzene rings is 2. The summed E-state index contributed by atoms with van der Waals surface area (Å²) in [5.41, 5.74) is 2.15. The van der Waals surface area contributed by atoms with Crippen LogP contribution in [0.3, 0.4) is 0 Å². The number of esters is 1. The largest absolute Gasteiger partial charge is 0.497 e. The summed E-state index contributed by atoms with van der Waals surface area (Å²) in [5.74, 6) is -4.55. The third-order valence-corrected chi connectivity index (χ3v) is 10.8. The zero-order chi connectivity index (χ0) is 39.6. The highest BCUT2D eigenvalue weighted by atomic mass is 16.5. The second kappa shape index (κ2) is 18.9. The van der Waals surface area contributed by atoms with E-state index >= 15 is 0 Å². The molecule has 2 aliphatic rings. The lowest BCUT2D eigenvalue weighted by Crippen LogP contribution is -2.57. The normalized spacial score (nSPS) is 20.2. The van der Waals surface area contributed by atoms with Gasteiger partial charge in [-0.2, -0.15) is 0 Å². The molecule has 0 aliphatic heterocycles. The lowest BCUT2D eigenvalue weighted by Gasteiger charge is -2.31. The summed E-state index contributed by atoms with van der Waals surface area (Å²) in [6, 6.07) is 13.9. The smallest absolute Gasteiger partial charge is 0.328 e. The molecule has 1 heterocycles. The molecule has 3 aromatic rings. The minimum absolute atomic E-state index is 0.0763. The Kier molecular flexibility index (Phi) is 14.1. The van der Waals surface area contributed by atoms with E-state index in [9.17, 15) is 29.1 Å². The molecule has 5 rings (SSSR count). The average Bonchev–Trinajstić information content (AvgIpc) is 3.62. The van der Waals surface area contributed by atoms with Crippen LogP contribution in [0.25, 0.3) is 22.2 Å². The number of hydrogen-bond acceptors (Lipinski definition) is 9. The Hall–Kier alpha value is -5.20. The number of hydrogen-bond donors (Lipinski definition) is 4. The number of carbonyl (C=O) groups excluding carboxylic acids is 4. The van der Waals surface area contributed by atoms with Gasteiger partial charge in [0.1, 0.15) is 35.7 Å². The van der Waals surface area contributed by atoms with Gasteiger partial charge >= 0.3 is 11.9 Å². The van der Waals surface area contributed by atoms with Crippen molar-refractivity contribution in [2.45, 2.75) is 103 Å². The van der Waals surface area contributed by atoms with Crippen molar-refractivity contribution in [1.82, 2.24) is 20.9 Å². The van der Waals surface area contributed by atoms with Gasteiger partial charge in [0.25, 0.3) is 0 Å². The maximum Gasteiger partial charge on any atom is 0.328 e. The van der Waals surface area contributed by atoms with E-state index in [1.54, 1.807) is 27.0 Å². The monoisotopic (exact) mass is 758 g/mol. The molecule has 2 fully saturated rings. The van der Waals surface area contributed by atoms with E-state index in [1.807, 2.05) is 55.5 Å². The van der Waals surface area contributed by atoms with Gasteiger partial charge in [-0.05, 0) is 56.1 Å². The van der Waals surface area contributed by atoms with Crippen LogP contribution in [0.4, 0.5) is 0 Å². The summed E-state index contributed by atoms with van der Waals surface area (Å²) in [7, 11) is 2.87. The minimum Gasteiger partial charge on any atom is -0.497 e. The molecule has 55 heavy (non-hydrogen) atoms. The number of methoxy groups -OCH3 is 2. The predicted molar refractivity (Wildman–Crippen MR) is 206 cm³/mol. The molecule has 2 saturated carbocycles. The number of fused-ring (bicyclic) bond motifs is 1. The highest BCUT2D eigenvalue weighted by molar-refractivity contribution is 5.94. The van der Waals surface area contributed by atoms with Crippen molar-refractivity contribution in [3.05, 3.63) is 54.6 Å². The van der Waals surface area contributed by atoms with Crippen LogP contribution in [0, 0.1) is 23.7 Å². The van der Waals surface area contributed by atoms with Crippen molar-refractivity contribution >= 4 is 40.6 Å². The molecule has 13 heteroatoms. The van der Waals surface area contributed by atoms with E-state index in [2.05, 4.69) is 16.0 Å². The average molecular weight is 759 g/mol. The van der Waals surface area contributed by atoms with E-state index in [0.29, 0.717) is 34.5 Å². The number of carboxylic acids is 1. The van der Waals surface area contributed by atoms with Crippen LogP contribution in [0.15, 0.2) is 54.6 Å². The Morgan fingerprint density at radius 3 is 2.15 bits per heavy atom. The van der Waals surface area contributed by atoms with E-state index in [1.165, 1.54) is 7.11 Å². The number of ether oxygens (including phenoxy) is 3. The fraction of sp³-hybridized carbons (Fsp3) is 0.524. The lowest BCUT2D eigenvalue weighted by molar-refractivity contribution is -0.147. The molecule has 13 nitrogen and oxygen atoms in total. The van der Waals surface area contributed by atoms with Crippen LogP contribution in [-0.2, 0) is 28.7 Å². The first-order chi connectivity index (χ1) is 26.4. The zero-order valence-electron chi connectivity index (χ0n) is 32.3. The Bertz CT molecular complexity index is 1830. The number of nitrogens with zero attached hydrogens (tertiary/aromatic N) is 1. The summed E-state index contributed by atoms with van der Waals surface area (Å²) in [6.07, 6.45) is 4.88. The van der Waals surface area contributed by atoms with Gasteiger partial charge in [-0.3, -0.25) is 14.4 Å². The van der Waals surface area contributed by atoms with Gasteiger partial charge in [-0.1, -0.05) is 76.8 Å². The maximum atomic E-state index is 14.3. The molecule has 0 bridgehead atoms. The summed E-state index contributed by atoms with van der Waals surface area (Å²) >= 11 is 0. The Balaban J connectivity index is 1.43. The van der Waals surface area contributed by atoms with E-state index < -0.39 is 65.7 Å². The first-order valence-corrected chi connectivity index (χ1v) is 19.4. The molecule has 1 unspecified atom stereocenters. The third kappa shape index (κ3) is 10.1. The number of aromatic nitrogens is 1. The van der Waals surface area contributed by atoms with Gasteiger partial charge in [0.05, 0.1) is 37.3 Å². The van der Waals surface area contributed by atoms with E-state index in [4.69, 9.17) is 19.2 Å². The number of pyridine rings is 1. The number of carboxylic acid groups (broad SMARTS) is 1. The summed E-state index contributed by atoms with van der Waals surface area (Å²) in [4.78, 5) is 71.7. The van der Waals surface area contributed by atoms with Crippen LogP contribution >= 0.6 is 0 Å². The Labute approximate surface area is 322 Å². The number of aliphatic carboxylic acids is 1. The van der Waals surface area contributed by atoms with Gasteiger partial charge in [0, 0.05) is 23.1 Å². The first kappa shape index (κ1) is 41.0. The summed E-state index contributed by atoms with van der Waals surface area (Å²) < 4.78 is 17.2. The summed E-state index contributed by atoms with van der Waals surface area (Å²) in [5, 5.41) is 19.0. The van der Waals surface area contributed by atoms with Crippen molar-refractivity contribution in [3.63, 3.8) is 0 Å². The van der Waals surface area contributed by atoms with Crippen molar-refractivity contribution in [2.24, 2.45) is 23.7 Å². The van der Waals surface area contributed by atoms with Crippen LogP contribution in [0.5, 0.6) is 11.5 Å². The van der Waals surface area contributed by atoms with E-state index in [-0.39, 0.29) is 31.1 Å². The molecule has 1 aromatic heterocycles. The number of nitrogens with one attached hydrogen (secondary N) is 3. The van der Waals surface area contributed by atoms with Crippen LogP contribution in [0.2, 0.25) is 0 Å². The van der Waals surface area contributed by atoms with Crippen molar-refractivity contribution in [2.75, 3.05) is 14.2 Å². The van der Waals surface area contributed by atoms with Crippen LogP contribution in [-0.4, -0.2) is 78.2 Å². The molecule has 6 atom stereocenters. The molecule has 2 aromatic carbocycles. The minimum atomic E-state index is -1.16. The van der Waals surface area contributed by atoms with Crippen molar-refractivity contribution in [1.29, 1.82) is 0 Å². The predicted octanol–water partition coefficient (Wildman–Crippen LogP) is 5.43. The lowest BCUT2D eigenvalue weighted by atomic mass is 9.83. The molecule has 296 valence electrons. The fourth-order valence-corrected chi connectivity index (χ4v) is 7.83. The molecular formula is C42H54N4O9. The SMILES string of the molecule is CCC[C@H](NC(=O)[C@@H]1CC(Oc2cc(-c3ccccc3)nc3cc(OC)ccc23)C[C@H]1C(=O)N[C@H](C(=O)N[C@H](C(=O)OC)C1CCCCC1)C(C)C)C(=O)O. The second-order valence-electron chi connectivity index (χ2n) is 15.0. The number of amides is 3. The quantitative estimate of drug-likeness (QED) is 0.138. The van der Waals surface area contributed by atoms with Crippen LogP contribution in [0.1, 0.15) is 78.6 Å². The fourth-order valence-electron chi connectivity index (χ4n) is 7.83. The molecule has 0 radical (unpaired) electrons. The molecule has 0 saturated heterocycles. The van der Waals surface area contributed by atoms with Gasteiger partial charge in [0.2, 0.25) is 17.7 Å². The summed E-state index contributed by atoms with van der Waals surface area (Å²) in [6.45, 7) is 5.41. The molecule has 0 spiro atoms. The van der Waals surface area contributed by atoms with Crippen molar-refractivity contribution < 1.29 is 43.3 Å². The molecule has 3 amide bonds. The highest BCUT2D eigenvalue weighted by Crippen LogP contribution is 2.39. The van der Waals surface area contributed by atoms with Gasteiger partial charge in [-0.25, -0.2) is 14.6 Å². The molecular weight excluding hydrogens is 704 g/mol. The number of carbonyl (C=O) groups is 5. The first-order valence-electron chi connectivity index (χ1n) is 19.4. The molecule has 2 aliphatic carbocycles. The number of rotatable bonds is 16. The Morgan fingerprint density at radius 1 is 0.873 bits per heavy atom. The second-order valence-corrected chi connectivity index (χ2v) is 15.0. The van der Waals surface area contributed by atoms with E-state index in [0.717, 1.165) is 37.7 Å². The zero-order valence-corrected chi connectivity index (χ0v) is 32.3. The maximum absolute atomic E-state index is 14.3. The van der Waals surface area contributed by atoms with Crippen molar-refractivity contribution in [3.8, 4) is 22.8 Å². The molecule has 4 N–H and O–H groups in total. The van der Waals surface area contributed by atoms with Gasteiger partial charge in [0.15, 0.2) is 0 Å².